The van der Waals surface area contributed by atoms with Crippen LogP contribution in [0.25, 0.3) is 0 Å². The van der Waals surface area contributed by atoms with Crippen LogP contribution in [0.2, 0.25) is 0 Å². The second kappa shape index (κ2) is 6.37. The third kappa shape index (κ3) is 3.84. The summed E-state index contributed by atoms with van der Waals surface area (Å²) in [6, 6.07) is 5.68. The predicted molar refractivity (Wildman–Crippen MR) is 72.7 cm³/mol. The van der Waals surface area contributed by atoms with Gasteiger partial charge in [-0.15, -0.1) is 0 Å². The number of hydrogen-bond acceptors (Lipinski definition) is 3. The van der Waals surface area contributed by atoms with Crippen molar-refractivity contribution in [3.8, 4) is 0 Å². The second-order valence-corrected chi connectivity index (χ2v) is 4.09. The predicted octanol–water partition coefficient (Wildman–Crippen LogP) is 1.47. The normalized spacial score (nSPS) is 10.0. The van der Waals surface area contributed by atoms with E-state index in [1.165, 1.54) is 12.1 Å². The molecule has 0 saturated carbocycles. The van der Waals surface area contributed by atoms with Crippen molar-refractivity contribution in [3.05, 3.63) is 48.0 Å². The molecule has 0 radical (unpaired) electrons. The average molecular weight is 274 g/mol. The number of urea groups is 1. The quantitative estimate of drug-likeness (QED) is 0.662. The Bertz CT molecular complexity index is 595. The Hall–Kier alpha value is -2.83. The highest BCUT2D eigenvalue weighted by Gasteiger charge is 2.05. The average Bonchev–Trinajstić information content (AvgIpc) is 2.92. The molecule has 1 aromatic heterocycles. The third-order valence-corrected chi connectivity index (χ3v) is 2.60. The van der Waals surface area contributed by atoms with Gasteiger partial charge in [0.25, 0.3) is 0 Å². The molecule has 0 atom stereocenters. The number of nitrogens with zero attached hydrogens (tertiary/aromatic N) is 1. The number of nitrogens with one attached hydrogen (secondary N) is 3. The zero-order valence-corrected chi connectivity index (χ0v) is 10.6. The van der Waals surface area contributed by atoms with E-state index in [1.54, 1.807) is 24.7 Å². The van der Waals surface area contributed by atoms with Crippen molar-refractivity contribution >= 4 is 17.7 Å². The Morgan fingerprint density at radius 3 is 2.90 bits per heavy atom. The van der Waals surface area contributed by atoms with Crippen LogP contribution in [-0.4, -0.2) is 33.6 Å². The van der Waals surface area contributed by atoms with E-state index < -0.39 is 5.97 Å². The summed E-state index contributed by atoms with van der Waals surface area (Å²) >= 11 is 0. The molecule has 4 N–H and O–H groups in total. The molecule has 0 saturated heterocycles. The number of carbonyl (C=O) groups excluding carboxylic acids is 1. The van der Waals surface area contributed by atoms with Gasteiger partial charge in [0, 0.05) is 30.5 Å². The van der Waals surface area contributed by atoms with E-state index in [4.69, 9.17) is 5.11 Å². The number of carbonyl (C=O) groups is 2. The first-order chi connectivity index (χ1) is 9.65. The fourth-order valence-electron chi connectivity index (χ4n) is 1.64. The number of imidazole rings is 1. The molecule has 0 aliphatic rings. The standard InChI is InChI=1S/C13H14N4O3/c18-12(19)9-2-1-3-10(6-9)17-13(20)15-5-4-11-7-14-8-16-11/h1-3,6-8H,4-5H2,(H,14,16)(H,18,19)(H2,15,17,20). The minimum Gasteiger partial charge on any atom is -0.478 e. The van der Waals surface area contributed by atoms with Crippen LogP contribution in [0.5, 0.6) is 0 Å². The second-order valence-electron chi connectivity index (χ2n) is 4.09. The van der Waals surface area contributed by atoms with Gasteiger partial charge in [0.15, 0.2) is 0 Å². The maximum atomic E-state index is 11.6. The van der Waals surface area contributed by atoms with E-state index in [0.29, 0.717) is 18.7 Å². The van der Waals surface area contributed by atoms with Gasteiger partial charge in [0.05, 0.1) is 11.9 Å². The topological polar surface area (TPSA) is 107 Å². The molecule has 2 aromatic rings. The Balaban J connectivity index is 1.82. The Morgan fingerprint density at radius 1 is 1.35 bits per heavy atom. The number of carboxylic acids is 1. The van der Waals surface area contributed by atoms with Gasteiger partial charge in [-0.25, -0.2) is 14.6 Å². The van der Waals surface area contributed by atoms with Crippen LogP contribution in [-0.2, 0) is 6.42 Å². The van der Waals surface area contributed by atoms with Gasteiger partial charge in [0.1, 0.15) is 0 Å². The SMILES string of the molecule is O=C(NCCc1cnc[nH]1)Nc1cccc(C(=O)O)c1. The van der Waals surface area contributed by atoms with Gasteiger partial charge >= 0.3 is 12.0 Å². The molecule has 0 fully saturated rings. The molecular weight excluding hydrogens is 260 g/mol. The molecule has 7 heteroatoms. The first-order valence-corrected chi connectivity index (χ1v) is 6.00. The maximum absolute atomic E-state index is 11.6. The molecule has 0 bridgehead atoms. The number of aromatic amines is 1. The van der Waals surface area contributed by atoms with Crippen LogP contribution < -0.4 is 10.6 Å². The highest BCUT2D eigenvalue weighted by atomic mass is 16.4. The number of aromatic carboxylic acids is 1. The molecule has 2 rings (SSSR count). The van der Waals surface area contributed by atoms with Crippen LogP contribution in [0, 0.1) is 0 Å². The molecule has 104 valence electrons. The van der Waals surface area contributed by atoms with Crippen LogP contribution in [0.15, 0.2) is 36.8 Å². The lowest BCUT2D eigenvalue weighted by Gasteiger charge is -2.07. The lowest BCUT2D eigenvalue weighted by molar-refractivity contribution is 0.0697. The Morgan fingerprint density at radius 2 is 2.20 bits per heavy atom. The van der Waals surface area contributed by atoms with E-state index in [0.717, 1.165) is 5.69 Å². The van der Waals surface area contributed by atoms with Crippen molar-refractivity contribution in [2.45, 2.75) is 6.42 Å². The summed E-state index contributed by atoms with van der Waals surface area (Å²) in [5.74, 6) is -1.03. The van der Waals surface area contributed by atoms with Crippen LogP contribution in [0.3, 0.4) is 0 Å². The Labute approximate surface area is 115 Å². The molecule has 0 aliphatic carbocycles. The maximum Gasteiger partial charge on any atom is 0.335 e. The van der Waals surface area contributed by atoms with E-state index in [9.17, 15) is 9.59 Å². The first-order valence-electron chi connectivity index (χ1n) is 6.00. The summed E-state index contributed by atoms with van der Waals surface area (Å²) in [5.41, 5.74) is 1.49. The number of hydrogen-bond donors (Lipinski definition) is 4. The van der Waals surface area contributed by atoms with Gasteiger partial charge < -0.3 is 20.7 Å². The molecule has 1 aromatic carbocycles. The number of H-pyrrole nitrogens is 1. The van der Waals surface area contributed by atoms with Gasteiger partial charge in [-0.1, -0.05) is 6.07 Å². The summed E-state index contributed by atoms with van der Waals surface area (Å²) in [7, 11) is 0. The fourth-order valence-corrected chi connectivity index (χ4v) is 1.64. The number of anilines is 1. The highest BCUT2D eigenvalue weighted by Crippen LogP contribution is 2.10. The zero-order chi connectivity index (χ0) is 14.4. The van der Waals surface area contributed by atoms with Crippen molar-refractivity contribution in [1.82, 2.24) is 15.3 Å². The summed E-state index contributed by atoms with van der Waals surface area (Å²) in [6.07, 6.45) is 3.91. The van der Waals surface area contributed by atoms with E-state index >= 15 is 0 Å². The summed E-state index contributed by atoms with van der Waals surface area (Å²) in [6.45, 7) is 0.451. The smallest absolute Gasteiger partial charge is 0.335 e. The van der Waals surface area contributed by atoms with E-state index in [2.05, 4.69) is 20.6 Å². The molecular formula is C13H14N4O3. The molecule has 20 heavy (non-hydrogen) atoms. The molecule has 2 amide bonds. The molecule has 0 aliphatic heterocycles. The van der Waals surface area contributed by atoms with Crippen molar-refractivity contribution in [3.63, 3.8) is 0 Å². The van der Waals surface area contributed by atoms with Crippen molar-refractivity contribution in [1.29, 1.82) is 0 Å². The van der Waals surface area contributed by atoms with E-state index in [-0.39, 0.29) is 11.6 Å². The lowest BCUT2D eigenvalue weighted by Crippen LogP contribution is -2.30. The lowest BCUT2D eigenvalue weighted by atomic mass is 10.2. The summed E-state index contributed by atoms with van der Waals surface area (Å²) in [5, 5.41) is 14.1. The van der Waals surface area contributed by atoms with Crippen molar-refractivity contribution in [2.24, 2.45) is 0 Å². The van der Waals surface area contributed by atoms with Crippen LogP contribution >= 0.6 is 0 Å². The van der Waals surface area contributed by atoms with Crippen molar-refractivity contribution < 1.29 is 14.7 Å². The minimum atomic E-state index is -1.03. The van der Waals surface area contributed by atoms with E-state index in [1.807, 2.05) is 0 Å². The van der Waals surface area contributed by atoms with Gasteiger partial charge in [0.2, 0.25) is 0 Å². The Kier molecular flexibility index (Phi) is 4.33. The minimum absolute atomic E-state index is 0.125. The van der Waals surface area contributed by atoms with Crippen molar-refractivity contribution in [2.75, 3.05) is 11.9 Å². The van der Waals surface area contributed by atoms with Gasteiger partial charge in [-0.3, -0.25) is 0 Å². The number of carboxylic acid groups (broad SMARTS) is 1. The molecule has 7 nitrogen and oxygen atoms in total. The number of rotatable bonds is 5. The zero-order valence-electron chi connectivity index (χ0n) is 10.6. The largest absolute Gasteiger partial charge is 0.478 e. The van der Waals surface area contributed by atoms with Gasteiger partial charge in [-0.05, 0) is 18.2 Å². The fraction of sp³-hybridized carbons (Fsp3) is 0.154. The summed E-state index contributed by atoms with van der Waals surface area (Å²) in [4.78, 5) is 29.2. The highest BCUT2D eigenvalue weighted by molar-refractivity contribution is 5.93. The third-order valence-electron chi connectivity index (χ3n) is 2.60. The number of benzene rings is 1. The molecule has 0 unspecified atom stereocenters. The van der Waals surface area contributed by atoms with Crippen LogP contribution in [0.4, 0.5) is 10.5 Å². The first kappa shape index (κ1) is 13.6. The monoisotopic (exact) mass is 274 g/mol. The number of amides is 2. The van der Waals surface area contributed by atoms with Gasteiger partial charge in [-0.2, -0.15) is 0 Å². The molecule has 0 spiro atoms. The summed E-state index contributed by atoms with van der Waals surface area (Å²) < 4.78 is 0. The molecule has 1 heterocycles. The number of aromatic nitrogens is 2. The van der Waals surface area contributed by atoms with Crippen LogP contribution in [0.1, 0.15) is 16.1 Å².